The fourth-order valence-corrected chi connectivity index (χ4v) is 4.45. The first-order valence-electron chi connectivity index (χ1n) is 11.3. The quantitative estimate of drug-likeness (QED) is 0.426. The molecule has 0 aliphatic heterocycles. The maximum Gasteiger partial charge on any atom is 0.255 e. The van der Waals surface area contributed by atoms with Crippen LogP contribution in [0.1, 0.15) is 72.4 Å². The number of anilines is 3. The van der Waals surface area contributed by atoms with Gasteiger partial charge in [0.15, 0.2) is 0 Å². The first-order valence-corrected chi connectivity index (χ1v) is 11.3. The van der Waals surface area contributed by atoms with E-state index in [0.29, 0.717) is 22.5 Å². The Morgan fingerprint density at radius 3 is 1.88 bits per heavy atom. The highest BCUT2D eigenvalue weighted by atomic mass is 16.2. The normalized spacial score (nSPS) is 15.9. The van der Waals surface area contributed by atoms with Gasteiger partial charge in [0, 0.05) is 16.8 Å². The molecule has 0 radical (unpaired) electrons. The van der Waals surface area contributed by atoms with E-state index in [-0.39, 0.29) is 22.6 Å². The van der Waals surface area contributed by atoms with E-state index in [1.165, 1.54) is 11.1 Å². The largest absolute Gasteiger partial charge is 0.397 e. The van der Waals surface area contributed by atoms with Crippen LogP contribution in [0.5, 0.6) is 0 Å². The third-order valence-corrected chi connectivity index (χ3v) is 6.73. The SMILES string of the molecule is CC1(C)CCC(C)(C)c2cc(NC(=O)c3ccc(C(=O)Nc4ccccc4N)cc3)ccc21. The summed E-state index contributed by atoms with van der Waals surface area (Å²) >= 11 is 0. The lowest BCUT2D eigenvalue weighted by molar-refractivity contribution is 0.101. The molecule has 0 atom stereocenters. The van der Waals surface area contributed by atoms with Crippen LogP contribution in [0.2, 0.25) is 0 Å². The zero-order valence-electron chi connectivity index (χ0n) is 19.7. The predicted octanol–water partition coefficient (Wildman–Crippen LogP) is 6.12. The van der Waals surface area contributed by atoms with Crippen molar-refractivity contribution in [3.8, 4) is 0 Å². The number of hydrogen-bond acceptors (Lipinski definition) is 3. The van der Waals surface area contributed by atoms with Crippen LogP contribution >= 0.6 is 0 Å². The average molecular weight is 442 g/mol. The molecule has 170 valence electrons. The highest BCUT2D eigenvalue weighted by Crippen LogP contribution is 2.46. The van der Waals surface area contributed by atoms with Crippen molar-refractivity contribution in [1.29, 1.82) is 0 Å². The molecule has 0 aromatic heterocycles. The van der Waals surface area contributed by atoms with Gasteiger partial charge < -0.3 is 16.4 Å². The molecule has 0 saturated carbocycles. The van der Waals surface area contributed by atoms with Crippen LogP contribution in [0.3, 0.4) is 0 Å². The third-order valence-electron chi connectivity index (χ3n) is 6.73. The van der Waals surface area contributed by atoms with Gasteiger partial charge >= 0.3 is 0 Å². The van der Waals surface area contributed by atoms with Crippen molar-refractivity contribution in [3.63, 3.8) is 0 Å². The highest BCUT2D eigenvalue weighted by molar-refractivity contribution is 6.08. The summed E-state index contributed by atoms with van der Waals surface area (Å²) in [5.74, 6) is -0.485. The minimum absolute atomic E-state index is 0.0722. The van der Waals surface area contributed by atoms with E-state index < -0.39 is 0 Å². The molecule has 0 unspecified atom stereocenters. The van der Waals surface area contributed by atoms with Crippen LogP contribution in [0.4, 0.5) is 17.1 Å². The second-order valence-electron chi connectivity index (χ2n) is 10.1. The van der Waals surface area contributed by atoms with Gasteiger partial charge in [0.25, 0.3) is 11.8 Å². The summed E-state index contributed by atoms with van der Waals surface area (Å²) in [5, 5.41) is 5.81. The Hall–Kier alpha value is -3.60. The van der Waals surface area contributed by atoms with Crippen LogP contribution in [0, 0.1) is 0 Å². The Balaban J connectivity index is 1.48. The minimum atomic E-state index is -0.278. The van der Waals surface area contributed by atoms with E-state index >= 15 is 0 Å². The standard InChI is InChI=1S/C28H31N3O2/c1-27(2)15-16-28(3,4)22-17-20(13-14-21(22)27)30-25(32)18-9-11-19(12-10-18)26(33)31-24-8-6-5-7-23(24)29/h5-14,17H,15-16,29H2,1-4H3,(H,30,32)(H,31,33). The number of hydrogen-bond donors (Lipinski definition) is 3. The molecule has 4 rings (SSSR count). The maximum atomic E-state index is 12.9. The van der Waals surface area contributed by atoms with Gasteiger partial charge in [-0.2, -0.15) is 0 Å². The van der Waals surface area contributed by atoms with E-state index in [4.69, 9.17) is 5.73 Å². The van der Waals surface area contributed by atoms with Gasteiger partial charge in [-0.05, 0) is 83.3 Å². The average Bonchev–Trinajstić information content (AvgIpc) is 2.78. The molecule has 3 aromatic rings. The Labute approximate surface area is 195 Å². The summed E-state index contributed by atoms with van der Waals surface area (Å²) in [7, 11) is 0. The molecule has 0 spiro atoms. The smallest absolute Gasteiger partial charge is 0.255 e. The number of benzene rings is 3. The van der Waals surface area contributed by atoms with Gasteiger partial charge in [-0.3, -0.25) is 9.59 Å². The van der Waals surface area contributed by atoms with Gasteiger partial charge in [0.05, 0.1) is 11.4 Å². The Kier molecular flexibility index (Phi) is 5.75. The molecule has 3 aromatic carbocycles. The number of rotatable bonds is 4. The van der Waals surface area contributed by atoms with Crippen molar-refractivity contribution in [2.24, 2.45) is 0 Å². The fourth-order valence-electron chi connectivity index (χ4n) is 4.45. The second-order valence-corrected chi connectivity index (χ2v) is 10.1. The van der Waals surface area contributed by atoms with E-state index in [2.05, 4.69) is 50.5 Å². The summed E-state index contributed by atoms with van der Waals surface area (Å²) in [4.78, 5) is 25.4. The molecule has 0 bridgehead atoms. The number of fused-ring (bicyclic) bond motifs is 1. The molecule has 5 heteroatoms. The molecular formula is C28H31N3O2. The molecule has 2 amide bonds. The summed E-state index contributed by atoms with van der Waals surface area (Å²) < 4.78 is 0. The molecule has 4 N–H and O–H groups in total. The molecule has 5 nitrogen and oxygen atoms in total. The van der Waals surface area contributed by atoms with Crippen molar-refractivity contribution >= 4 is 28.9 Å². The van der Waals surface area contributed by atoms with Gasteiger partial charge in [-0.15, -0.1) is 0 Å². The number of para-hydroxylation sites is 2. The molecule has 0 heterocycles. The zero-order chi connectivity index (χ0) is 23.8. The maximum absolute atomic E-state index is 12.9. The lowest BCUT2D eigenvalue weighted by Crippen LogP contribution is -2.33. The van der Waals surface area contributed by atoms with Crippen molar-refractivity contribution in [2.45, 2.75) is 51.4 Å². The van der Waals surface area contributed by atoms with Crippen molar-refractivity contribution in [1.82, 2.24) is 0 Å². The minimum Gasteiger partial charge on any atom is -0.397 e. The van der Waals surface area contributed by atoms with Crippen LogP contribution in [0.15, 0.2) is 66.7 Å². The third kappa shape index (κ3) is 4.63. The predicted molar refractivity (Wildman–Crippen MR) is 135 cm³/mol. The second kappa shape index (κ2) is 8.39. The van der Waals surface area contributed by atoms with Crippen molar-refractivity contribution < 1.29 is 9.59 Å². The summed E-state index contributed by atoms with van der Waals surface area (Å²) in [6.45, 7) is 9.09. The van der Waals surface area contributed by atoms with Crippen LogP contribution in [-0.4, -0.2) is 11.8 Å². The first-order chi connectivity index (χ1) is 15.6. The van der Waals surface area contributed by atoms with E-state index in [0.717, 1.165) is 18.5 Å². The molecule has 1 aliphatic rings. The van der Waals surface area contributed by atoms with Gasteiger partial charge in [-0.25, -0.2) is 0 Å². The molecular weight excluding hydrogens is 410 g/mol. The Bertz CT molecular complexity index is 1210. The molecule has 0 saturated heterocycles. The first kappa shape index (κ1) is 22.6. The molecule has 33 heavy (non-hydrogen) atoms. The lowest BCUT2D eigenvalue weighted by Gasteiger charge is -2.42. The molecule has 0 fully saturated rings. The Morgan fingerprint density at radius 2 is 1.27 bits per heavy atom. The van der Waals surface area contributed by atoms with Gasteiger partial charge in [0.2, 0.25) is 0 Å². The van der Waals surface area contributed by atoms with Gasteiger partial charge in [-0.1, -0.05) is 45.9 Å². The van der Waals surface area contributed by atoms with E-state index in [1.807, 2.05) is 18.2 Å². The van der Waals surface area contributed by atoms with Crippen molar-refractivity contribution in [2.75, 3.05) is 16.4 Å². The fraction of sp³-hybridized carbons (Fsp3) is 0.286. The Morgan fingerprint density at radius 1 is 0.727 bits per heavy atom. The van der Waals surface area contributed by atoms with Crippen LogP contribution < -0.4 is 16.4 Å². The van der Waals surface area contributed by atoms with Gasteiger partial charge in [0.1, 0.15) is 0 Å². The van der Waals surface area contributed by atoms with Crippen molar-refractivity contribution in [3.05, 3.63) is 89.0 Å². The lowest BCUT2D eigenvalue weighted by atomic mass is 9.63. The van der Waals surface area contributed by atoms with E-state index in [1.54, 1.807) is 36.4 Å². The number of carbonyl (C=O) groups is 2. The highest BCUT2D eigenvalue weighted by Gasteiger charge is 2.37. The number of nitrogen functional groups attached to an aromatic ring is 1. The van der Waals surface area contributed by atoms with Crippen LogP contribution in [0.25, 0.3) is 0 Å². The summed E-state index contributed by atoms with van der Waals surface area (Å²) in [6.07, 6.45) is 2.26. The number of carbonyl (C=O) groups excluding carboxylic acids is 2. The van der Waals surface area contributed by atoms with Crippen LogP contribution in [-0.2, 0) is 10.8 Å². The van der Waals surface area contributed by atoms with E-state index in [9.17, 15) is 9.59 Å². The summed E-state index contributed by atoms with van der Waals surface area (Å²) in [6, 6.07) is 19.9. The number of amides is 2. The summed E-state index contributed by atoms with van der Waals surface area (Å²) in [5.41, 5.74) is 11.5. The molecule has 1 aliphatic carbocycles. The monoisotopic (exact) mass is 441 g/mol. The number of nitrogens with two attached hydrogens (primary N) is 1. The zero-order valence-corrected chi connectivity index (χ0v) is 19.7. The topological polar surface area (TPSA) is 84.2 Å². The number of nitrogens with one attached hydrogen (secondary N) is 2.